The molecule has 0 unspecified atom stereocenters. The second-order valence-corrected chi connectivity index (χ2v) is 6.98. The maximum Gasteiger partial charge on any atom is 0.203 e. The van der Waals surface area contributed by atoms with Crippen LogP contribution < -0.4 is 19.5 Å². The lowest BCUT2D eigenvalue weighted by molar-refractivity contribution is 0.324. The van der Waals surface area contributed by atoms with E-state index in [1.54, 1.807) is 32.7 Å². The first-order chi connectivity index (χ1) is 13.0. The SMILES string of the molecule is CCNC(=NCc1cc(OC)c(OC)c(OC)c1)N(C)Cc1csc(C)n1.I. The number of thiazole rings is 1. The molecular formula is C19H29IN4O3S. The van der Waals surface area contributed by atoms with E-state index in [0.717, 1.165) is 28.8 Å². The molecular weight excluding hydrogens is 491 g/mol. The Balaban J connectivity index is 0.00000392. The smallest absolute Gasteiger partial charge is 0.203 e. The van der Waals surface area contributed by atoms with Gasteiger partial charge in [0.05, 0.1) is 45.1 Å². The van der Waals surface area contributed by atoms with E-state index in [2.05, 4.69) is 27.5 Å². The van der Waals surface area contributed by atoms with Crippen LogP contribution in [0.4, 0.5) is 0 Å². The van der Waals surface area contributed by atoms with Gasteiger partial charge in [-0.3, -0.25) is 0 Å². The van der Waals surface area contributed by atoms with Crippen LogP contribution in [0.5, 0.6) is 17.2 Å². The molecule has 0 fully saturated rings. The van der Waals surface area contributed by atoms with Crippen LogP contribution in [0.1, 0.15) is 23.2 Å². The first-order valence-electron chi connectivity index (χ1n) is 8.71. The van der Waals surface area contributed by atoms with Gasteiger partial charge in [0.15, 0.2) is 17.5 Å². The molecule has 156 valence electrons. The third-order valence-corrected chi connectivity index (χ3v) is 4.72. The Morgan fingerprint density at radius 3 is 2.29 bits per heavy atom. The molecule has 0 aliphatic carbocycles. The Bertz CT molecular complexity index is 757. The van der Waals surface area contributed by atoms with Crippen molar-refractivity contribution >= 4 is 41.3 Å². The van der Waals surface area contributed by atoms with Crippen LogP contribution in [0, 0.1) is 6.92 Å². The van der Waals surface area contributed by atoms with Gasteiger partial charge in [-0.15, -0.1) is 35.3 Å². The number of nitrogens with zero attached hydrogens (tertiary/aromatic N) is 3. The van der Waals surface area contributed by atoms with Crippen molar-refractivity contribution in [2.75, 3.05) is 34.9 Å². The highest BCUT2D eigenvalue weighted by Crippen LogP contribution is 2.38. The summed E-state index contributed by atoms with van der Waals surface area (Å²) >= 11 is 1.66. The summed E-state index contributed by atoms with van der Waals surface area (Å²) in [4.78, 5) is 11.3. The second-order valence-electron chi connectivity index (χ2n) is 5.92. The lowest BCUT2D eigenvalue weighted by Gasteiger charge is -2.21. The number of rotatable bonds is 8. The van der Waals surface area contributed by atoms with Gasteiger partial charge in [-0.1, -0.05) is 0 Å². The van der Waals surface area contributed by atoms with E-state index in [9.17, 15) is 0 Å². The van der Waals surface area contributed by atoms with Crippen LogP contribution >= 0.6 is 35.3 Å². The molecule has 2 aromatic rings. The van der Waals surface area contributed by atoms with Crippen molar-refractivity contribution in [3.63, 3.8) is 0 Å². The lowest BCUT2D eigenvalue weighted by atomic mass is 10.2. The minimum absolute atomic E-state index is 0. The highest BCUT2D eigenvalue weighted by atomic mass is 127. The number of halogens is 1. The van der Waals surface area contributed by atoms with Gasteiger partial charge in [0.2, 0.25) is 5.75 Å². The normalized spacial score (nSPS) is 10.9. The summed E-state index contributed by atoms with van der Waals surface area (Å²) in [5.41, 5.74) is 2.01. The third kappa shape index (κ3) is 6.40. The molecule has 0 saturated heterocycles. The number of nitrogens with one attached hydrogen (secondary N) is 1. The average Bonchev–Trinajstić information content (AvgIpc) is 3.08. The fourth-order valence-corrected chi connectivity index (χ4v) is 3.27. The molecule has 0 amide bonds. The highest BCUT2D eigenvalue weighted by molar-refractivity contribution is 14.0. The van der Waals surface area contributed by atoms with Gasteiger partial charge >= 0.3 is 0 Å². The molecule has 2 rings (SSSR count). The lowest BCUT2D eigenvalue weighted by Crippen LogP contribution is -2.38. The van der Waals surface area contributed by atoms with Gasteiger partial charge < -0.3 is 24.4 Å². The average molecular weight is 520 g/mol. The van der Waals surface area contributed by atoms with Crippen LogP contribution in [0.25, 0.3) is 0 Å². The molecule has 1 N–H and O–H groups in total. The largest absolute Gasteiger partial charge is 0.493 e. The number of aliphatic imine (C=N–C) groups is 1. The minimum Gasteiger partial charge on any atom is -0.493 e. The van der Waals surface area contributed by atoms with Crippen molar-refractivity contribution < 1.29 is 14.2 Å². The van der Waals surface area contributed by atoms with Crippen molar-refractivity contribution in [2.24, 2.45) is 4.99 Å². The maximum atomic E-state index is 5.42. The zero-order valence-electron chi connectivity index (χ0n) is 17.2. The summed E-state index contributed by atoms with van der Waals surface area (Å²) in [5, 5.41) is 6.47. The maximum absolute atomic E-state index is 5.42. The van der Waals surface area contributed by atoms with Gasteiger partial charge in [-0.05, 0) is 31.5 Å². The predicted molar refractivity (Wildman–Crippen MR) is 125 cm³/mol. The molecule has 0 aliphatic heterocycles. The topological polar surface area (TPSA) is 68.2 Å². The number of aromatic nitrogens is 1. The standard InChI is InChI=1S/C19H28N4O3S.HI/c1-7-20-19(23(3)11-15-12-27-13(2)22-15)21-10-14-8-16(24-4)18(26-6)17(9-14)25-5;/h8-9,12H,7,10-11H2,1-6H3,(H,20,21);1H. The zero-order valence-corrected chi connectivity index (χ0v) is 20.4. The van der Waals surface area contributed by atoms with Gasteiger partial charge in [0.25, 0.3) is 0 Å². The van der Waals surface area contributed by atoms with Crippen molar-refractivity contribution in [1.82, 2.24) is 15.2 Å². The van der Waals surface area contributed by atoms with Gasteiger partial charge in [-0.2, -0.15) is 0 Å². The number of hydrogen-bond acceptors (Lipinski definition) is 6. The quantitative estimate of drug-likeness (QED) is 0.326. The monoisotopic (exact) mass is 520 g/mol. The van der Waals surface area contributed by atoms with Crippen molar-refractivity contribution in [3.8, 4) is 17.2 Å². The second kappa shape index (κ2) is 11.9. The molecule has 0 atom stereocenters. The fraction of sp³-hybridized carbons (Fsp3) is 0.474. The van der Waals surface area contributed by atoms with Crippen molar-refractivity contribution in [3.05, 3.63) is 33.8 Å². The molecule has 0 bridgehead atoms. The number of methoxy groups -OCH3 is 3. The molecule has 0 saturated carbocycles. The molecule has 7 nitrogen and oxygen atoms in total. The van der Waals surface area contributed by atoms with Gasteiger partial charge in [0.1, 0.15) is 0 Å². The number of hydrogen-bond donors (Lipinski definition) is 1. The van der Waals surface area contributed by atoms with Crippen molar-refractivity contribution in [2.45, 2.75) is 26.9 Å². The zero-order chi connectivity index (χ0) is 19.8. The molecule has 0 aliphatic rings. The Kier molecular flexibility index (Phi) is 10.4. The Hall–Kier alpha value is -1.75. The van der Waals surface area contributed by atoms with Crippen molar-refractivity contribution in [1.29, 1.82) is 0 Å². The van der Waals surface area contributed by atoms with E-state index < -0.39 is 0 Å². The van der Waals surface area contributed by atoms with Gasteiger partial charge in [0, 0.05) is 19.0 Å². The Morgan fingerprint density at radius 1 is 1.18 bits per heavy atom. The van der Waals surface area contributed by atoms with Crippen LogP contribution in [-0.2, 0) is 13.1 Å². The molecule has 1 aromatic heterocycles. The molecule has 0 spiro atoms. The van der Waals surface area contributed by atoms with E-state index in [4.69, 9.17) is 19.2 Å². The fourth-order valence-electron chi connectivity index (χ4n) is 2.66. The summed E-state index contributed by atoms with van der Waals surface area (Å²) in [6.07, 6.45) is 0. The van der Waals surface area contributed by atoms with Crippen LogP contribution in [0.2, 0.25) is 0 Å². The van der Waals surface area contributed by atoms with E-state index in [-0.39, 0.29) is 24.0 Å². The van der Waals surface area contributed by atoms with E-state index in [1.807, 2.05) is 26.1 Å². The predicted octanol–water partition coefficient (Wildman–Crippen LogP) is 3.69. The summed E-state index contributed by atoms with van der Waals surface area (Å²) < 4.78 is 16.2. The molecule has 28 heavy (non-hydrogen) atoms. The number of guanidine groups is 1. The highest BCUT2D eigenvalue weighted by Gasteiger charge is 2.14. The number of benzene rings is 1. The van der Waals surface area contributed by atoms with E-state index >= 15 is 0 Å². The summed E-state index contributed by atoms with van der Waals surface area (Å²) in [6, 6.07) is 3.83. The summed E-state index contributed by atoms with van der Waals surface area (Å²) in [6.45, 7) is 6.03. The third-order valence-electron chi connectivity index (χ3n) is 3.90. The van der Waals surface area contributed by atoms with Crippen LogP contribution in [0.3, 0.4) is 0 Å². The molecule has 1 aromatic carbocycles. The number of ether oxygens (including phenoxy) is 3. The van der Waals surface area contributed by atoms with E-state index in [1.165, 1.54) is 0 Å². The summed E-state index contributed by atoms with van der Waals surface area (Å²) in [7, 11) is 6.82. The molecule has 9 heteroatoms. The first kappa shape index (κ1) is 24.3. The van der Waals surface area contributed by atoms with E-state index in [0.29, 0.717) is 30.3 Å². The van der Waals surface area contributed by atoms with Crippen LogP contribution in [-0.4, -0.2) is 50.8 Å². The Labute approximate surface area is 188 Å². The first-order valence-corrected chi connectivity index (χ1v) is 9.59. The Morgan fingerprint density at radius 2 is 1.82 bits per heavy atom. The molecule has 0 radical (unpaired) electrons. The minimum atomic E-state index is 0. The van der Waals surface area contributed by atoms with Gasteiger partial charge in [-0.25, -0.2) is 9.98 Å². The van der Waals surface area contributed by atoms with Crippen LogP contribution in [0.15, 0.2) is 22.5 Å². The summed E-state index contributed by atoms with van der Waals surface area (Å²) in [5.74, 6) is 2.64. The number of aryl methyl sites for hydroxylation is 1. The molecule has 1 heterocycles.